The molecule has 0 spiro atoms. The van der Waals surface area contributed by atoms with Crippen LogP contribution < -0.4 is 5.43 Å². The summed E-state index contributed by atoms with van der Waals surface area (Å²) in [6.07, 6.45) is 0. The summed E-state index contributed by atoms with van der Waals surface area (Å²) in [6, 6.07) is 55.3. The minimum Gasteiger partial charge on any atom is -0.309 e. The van der Waals surface area contributed by atoms with Gasteiger partial charge in [-0.3, -0.25) is 4.79 Å². The van der Waals surface area contributed by atoms with Crippen molar-refractivity contribution in [1.29, 1.82) is 0 Å². The molecule has 4 heteroatoms. The number of hydrogen-bond donors (Lipinski definition) is 0. The maximum Gasteiger partial charge on any atom is 0.195 e. The lowest BCUT2D eigenvalue weighted by Gasteiger charge is -2.11. The van der Waals surface area contributed by atoms with Crippen LogP contribution in [0.15, 0.2) is 163 Å². The lowest BCUT2D eigenvalue weighted by Crippen LogP contribution is -2.02. The molecular formula is C43H26N2OS. The van der Waals surface area contributed by atoms with E-state index in [-0.39, 0.29) is 5.43 Å². The highest BCUT2D eigenvalue weighted by atomic mass is 32.1. The van der Waals surface area contributed by atoms with E-state index in [9.17, 15) is 4.79 Å². The molecule has 10 rings (SSSR count). The van der Waals surface area contributed by atoms with Crippen molar-refractivity contribution in [3.8, 4) is 22.5 Å². The molecule has 0 N–H and O–H groups in total. The molecular weight excluding hydrogens is 593 g/mol. The molecule has 0 radical (unpaired) electrons. The molecule has 3 heterocycles. The second kappa shape index (κ2) is 10.0. The molecule has 0 aliphatic carbocycles. The lowest BCUT2D eigenvalue weighted by atomic mass is 10.0. The third-order valence-electron chi connectivity index (χ3n) is 9.50. The van der Waals surface area contributed by atoms with E-state index in [4.69, 9.17) is 0 Å². The van der Waals surface area contributed by atoms with Crippen LogP contribution in [0, 0.1) is 0 Å². The first-order valence-corrected chi connectivity index (χ1v) is 16.6. The Morgan fingerprint density at radius 1 is 0.404 bits per heavy atom. The topological polar surface area (TPSA) is 26.9 Å². The summed E-state index contributed by atoms with van der Waals surface area (Å²) in [5.74, 6) is 0. The molecule has 220 valence electrons. The Balaban J connectivity index is 1.28. The van der Waals surface area contributed by atoms with E-state index in [0.717, 1.165) is 48.2 Å². The highest BCUT2D eigenvalue weighted by Gasteiger charge is 2.21. The van der Waals surface area contributed by atoms with Gasteiger partial charge in [0.1, 0.15) is 0 Å². The van der Waals surface area contributed by atoms with Crippen LogP contribution in [-0.2, 0) is 0 Å². The Kier molecular flexibility index (Phi) is 5.60. The van der Waals surface area contributed by atoms with Crippen molar-refractivity contribution < 1.29 is 0 Å². The van der Waals surface area contributed by atoms with Crippen molar-refractivity contribution in [2.75, 3.05) is 0 Å². The minimum atomic E-state index is 0.0774. The number of aromatic nitrogens is 2. The molecule has 0 atom stereocenters. The average molecular weight is 619 g/mol. The number of hydrogen-bond acceptors (Lipinski definition) is 2. The van der Waals surface area contributed by atoms with E-state index in [1.165, 1.54) is 38.1 Å². The van der Waals surface area contributed by atoms with Gasteiger partial charge in [-0.05, 0) is 71.8 Å². The van der Waals surface area contributed by atoms with Crippen LogP contribution in [-0.4, -0.2) is 9.13 Å². The third kappa shape index (κ3) is 3.82. The van der Waals surface area contributed by atoms with Gasteiger partial charge < -0.3 is 9.13 Å². The summed E-state index contributed by atoms with van der Waals surface area (Å²) >= 11 is 1.68. The van der Waals surface area contributed by atoms with Crippen molar-refractivity contribution in [3.63, 3.8) is 0 Å². The summed E-state index contributed by atoms with van der Waals surface area (Å²) in [6.45, 7) is 0. The van der Waals surface area contributed by atoms with Gasteiger partial charge in [-0.2, -0.15) is 0 Å². The van der Waals surface area contributed by atoms with Crippen LogP contribution in [0.5, 0.6) is 0 Å². The van der Waals surface area contributed by atoms with E-state index in [1.807, 2.05) is 30.3 Å². The summed E-state index contributed by atoms with van der Waals surface area (Å²) in [7, 11) is 0. The number of benzene rings is 7. The van der Waals surface area contributed by atoms with Gasteiger partial charge >= 0.3 is 0 Å². The Morgan fingerprint density at radius 3 is 1.89 bits per heavy atom. The van der Waals surface area contributed by atoms with Crippen LogP contribution in [0.3, 0.4) is 0 Å². The van der Waals surface area contributed by atoms with Gasteiger partial charge in [-0.1, -0.05) is 97.1 Å². The fourth-order valence-electron chi connectivity index (χ4n) is 7.42. The lowest BCUT2D eigenvalue weighted by molar-refractivity contribution is 1.18. The van der Waals surface area contributed by atoms with Gasteiger partial charge in [0.2, 0.25) is 0 Å². The second-order valence-electron chi connectivity index (χ2n) is 12.1. The predicted molar refractivity (Wildman–Crippen MR) is 200 cm³/mol. The molecule has 0 amide bonds. The van der Waals surface area contributed by atoms with Crippen LogP contribution in [0.4, 0.5) is 0 Å². The Hall–Kier alpha value is -5.97. The van der Waals surface area contributed by atoms with E-state index in [0.29, 0.717) is 0 Å². The van der Waals surface area contributed by atoms with Gasteiger partial charge in [-0.25, -0.2) is 0 Å². The number of para-hydroxylation sites is 3. The van der Waals surface area contributed by atoms with Crippen LogP contribution in [0.1, 0.15) is 0 Å². The smallest absolute Gasteiger partial charge is 0.195 e. The first-order valence-electron chi connectivity index (χ1n) is 15.8. The summed E-state index contributed by atoms with van der Waals surface area (Å²) in [5, 5.41) is 6.38. The number of nitrogens with zero attached hydrogens (tertiary/aromatic N) is 2. The molecule has 0 saturated carbocycles. The molecule has 3 aromatic heterocycles. The molecule has 0 saturated heterocycles. The monoisotopic (exact) mass is 618 g/mol. The zero-order valence-corrected chi connectivity index (χ0v) is 26.0. The quantitative estimate of drug-likeness (QED) is 0.181. The predicted octanol–water partition coefficient (Wildman–Crippen LogP) is 11.3. The minimum absolute atomic E-state index is 0.0774. The van der Waals surface area contributed by atoms with Crippen molar-refractivity contribution in [1.82, 2.24) is 9.13 Å². The molecule has 0 bridgehead atoms. The zero-order chi connectivity index (χ0) is 31.1. The molecule has 0 fully saturated rings. The fraction of sp³-hybridized carbons (Fsp3) is 0. The van der Waals surface area contributed by atoms with Gasteiger partial charge in [0.25, 0.3) is 0 Å². The average Bonchev–Trinajstić information content (AvgIpc) is 3.65. The van der Waals surface area contributed by atoms with E-state index in [1.54, 1.807) is 11.3 Å². The van der Waals surface area contributed by atoms with Gasteiger partial charge in [-0.15, -0.1) is 11.3 Å². The largest absolute Gasteiger partial charge is 0.309 e. The summed E-state index contributed by atoms with van der Waals surface area (Å²) in [4.78, 5) is 13.9. The number of fused-ring (bicyclic) bond motifs is 9. The molecule has 7 aromatic carbocycles. The van der Waals surface area contributed by atoms with Crippen molar-refractivity contribution >= 4 is 75.1 Å². The maximum absolute atomic E-state index is 13.9. The van der Waals surface area contributed by atoms with Gasteiger partial charge in [0.05, 0.1) is 22.1 Å². The van der Waals surface area contributed by atoms with Crippen molar-refractivity contribution in [2.45, 2.75) is 0 Å². The second-order valence-corrected chi connectivity index (χ2v) is 13.2. The van der Waals surface area contributed by atoms with Crippen LogP contribution >= 0.6 is 11.3 Å². The Labute approximate surface area is 273 Å². The molecule has 0 unspecified atom stereocenters. The molecule has 10 aromatic rings. The Morgan fingerprint density at radius 2 is 1.09 bits per heavy atom. The molecule has 3 nitrogen and oxygen atoms in total. The van der Waals surface area contributed by atoms with Crippen LogP contribution in [0.25, 0.3) is 86.3 Å². The summed E-state index contributed by atoms with van der Waals surface area (Å²) in [5.41, 5.74) is 9.09. The highest BCUT2D eigenvalue weighted by molar-refractivity contribution is 7.24. The normalized spacial score (nSPS) is 11.9. The van der Waals surface area contributed by atoms with Gasteiger partial charge in [0, 0.05) is 53.1 Å². The first-order chi connectivity index (χ1) is 23.2. The summed E-state index contributed by atoms with van der Waals surface area (Å²) < 4.78 is 6.74. The molecule has 0 aliphatic rings. The van der Waals surface area contributed by atoms with Crippen molar-refractivity contribution in [3.05, 3.63) is 168 Å². The van der Waals surface area contributed by atoms with Crippen molar-refractivity contribution in [2.24, 2.45) is 0 Å². The zero-order valence-electron chi connectivity index (χ0n) is 25.2. The van der Waals surface area contributed by atoms with E-state index < -0.39 is 0 Å². The third-order valence-corrected chi connectivity index (χ3v) is 10.6. The highest BCUT2D eigenvalue weighted by Crippen LogP contribution is 2.42. The number of rotatable bonds is 3. The molecule has 0 aliphatic heterocycles. The Bertz CT molecular complexity index is 2910. The maximum atomic E-state index is 13.9. The van der Waals surface area contributed by atoms with Crippen LogP contribution in [0.2, 0.25) is 0 Å². The first kappa shape index (κ1) is 26.3. The van der Waals surface area contributed by atoms with Gasteiger partial charge in [0.15, 0.2) is 5.43 Å². The van der Waals surface area contributed by atoms with E-state index in [2.05, 4.69) is 137 Å². The SMILES string of the molecule is O=c1c2ccc(-n3c4ccccc4c4ccc5c(c6ccccc6n5-c5ccccc5)c43)cc2sc2ccc(-c3ccccc3)cc12. The van der Waals surface area contributed by atoms with E-state index >= 15 is 0 Å². The molecule has 47 heavy (non-hydrogen) atoms. The standard InChI is InChI=1S/C43H26N2OS/c46-43-34-21-20-30(26-40(34)47-39-24-19-28(25-35(39)43)27-11-3-1-4-12-27)45-36-17-9-7-15-31(36)32-22-23-38-41(42(32)45)33-16-8-10-18-37(33)44(38)29-13-5-2-6-14-29/h1-26H. The fourth-order valence-corrected chi connectivity index (χ4v) is 8.51.